The fourth-order valence-corrected chi connectivity index (χ4v) is 2.06. The summed E-state index contributed by atoms with van der Waals surface area (Å²) < 4.78 is 0. The van der Waals surface area contributed by atoms with E-state index in [1.165, 1.54) is 11.1 Å². The molecular weight excluding hydrogens is 236 g/mol. The minimum absolute atomic E-state index is 0.309. The number of hydrogen-bond donors (Lipinski definition) is 2. The summed E-state index contributed by atoms with van der Waals surface area (Å²) >= 11 is 0. The molecule has 0 unspecified atom stereocenters. The molecule has 2 aromatic rings. The molecule has 0 bridgehead atoms. The number of nitrogens with zero attached hydrogens (tertiary/aromatic N) is 1. The van der Waals surface area contributed by atoms with Gasteiger partial charge in [-0.15, -0.1) is 0 Å². The average molecular weight is 256 g/mol. The largest absolute Gasteiger partial charge is 0.508 e. The maximum Gasteiger partial charge on any atom is 0.115 e. The fourth-order valence-electron chi connectivity index (χ4n) is 2.06. The van der Waals surface area contributed by atoms with Gasteiger partial charge in [-0.25, -0.2) is 0 Å². The lowest BCUT2D eigenvalue weighted by Gasteiger charge is -2.17. The highest BCUT2D eigenvalue weighted by molar-refractivity contribution is 5.26. The zero-order valence-corrected chi connectivity index (χ0v) is 11.2. The second-order valence-corrected chi connectivity index (χ2v) is 4.86. The van der Waals surface area contributed by atoms with E-state index in [1.54, 1.807) is 12.1 Å². The number of benzene rings is 2. The lowest BCUT2D eigenvalue weighted by molar-refractivity contribution is 0.319. The lowest BCUT2D eigenvalue weighted by Crippen LogP contribution is -2.17. The summed E-state index contributed by atoms with van der Waals surface area (Å²) in [5.41, 5.74) is 9.21. The first kappa shape index (κ1) is 13.6. The van der Waals surface area contributed by atoms with Crippen LogP contribution in [0.2, 0.25) is 0 Å². The molecule has 3 N–H and O–H groups in total. The Morgan fingerprint density at radius 3 is 1.74 bits per heavy atom. The third-order valence-electron chi connectivity index (χ3n) is 3.10. The van der Waals surface area contributed by atoms with Crippen LogP contribution in [0.5, 0.6) is 5.75 Å². The molecule has 0 aliphatic rings. The predicted octanol–water partition coefficient (Wildman–Crippen LogP) is 2.48. The monoisotopic (exact) mass is 256 g/mol. The van der Waals surface area contributed by atoms with E-state index in [0.717, 1.165) is 18.7 Å². The molecule has 0 atom stereocenters. The van der Waals surface area contributed by atoms with Gasteiger partial charge in [0.25, 0.3) is 0 Å². The first-order chi connectivity index (χ1) is 9.17. The molecule has 0 saturated heterocycles. The molecule has 0 amide bonds. The van der Waals surface area contributed by atoms with Gasteiger partial charge < -0.3 is 10.8 Å². The molecular formula is C16H20N2O. The van der Waals surface area contributed by atoms with Crippen LogP contribution < -0.4 is 5.73 Å². The summed E-state index contributed by atoms with van der Waals surface area (Å²) in [7, 11) is 2.09. The molecule has 2 rings (SSSR count). The van der Waals surface area contributed by atoms with E-state index in [0.29, 0.717) is 12.3 Å². The third kappa shape index (κ3) is 4.09. The van der Waals surface area contributed by atoms with Gasteiger partial charge in [-0.2, -0.15) is 0 Å². The molecule has 0 radical (unpaired) electrons. The van der Waals surface area contributed by atoms with Gasteiger partial charge in [-0.1, -0.05) is 36.4 Å². The minimum Gasteiger partial charge on any atom is -0.508 e. The maximum absolute atomic E-state index is 9.25. The average Bonchev–Trinajstić information content (AvgIpc) is 2.42. The molecule has 0 aliphatic heterocycles. The zero-order valence-electron chi connectivity index (χ0n) is 11.2. The Morgan fingerprint density at radius 1 is 0.842 bits per heavy atom. The van der Waals surface area contributed by atoms with E-state index in [9.17, 15) is 5.11 Å². The molecule has 0 saturated carbocycles. The summed E-state index contributed by atoms with van der Waals surface area (Å²) in [5, 5.41) is 9.25. The van der Waals surface area contributed by atoms with E-state index in [1.807, 2.05) is 12.1 Å². The van der Waals surface area contributed by atoms with Gasteiger partial charge in [0, 0.05) is 19.6 Å². The van der Waals surface area contributed by atoms with Gasteiger partial charge in [0.05, 0.1) is 0 Å². The van der Waals surface area contributed by atoms with Gasteiger partial charge in [0.1, 0.15) is 5.75 Å². The smallest absolute Gasteiger partial charge is 0.115 e. The van der Waals surface area contributed by atoms with Crippen LogP contribution in [-0.4, -0.2) is 17.1 Å². The molecule has 0 aromatic heterocycles. The number of aromatic hydroxyl groups is 1. The number of phenolic OH excluding ortho intramolecular Hbond substituents is 1. The molecule has 100 valence electrons. The van der Waals surface area contributed by atoms with E-state index in [2.05, 4.69) is 36.2 Å². The summed E-state index contributed by atoms with van der Waals surface area (Å²) in [4.78, 5) is 2.24. The zero-order chi connectivity index (χ0) is 13.7. The van der Waals surface area contributed by atoms with E-state index in [-0.39, 0.29) is 0 Å². The Bertz CT molecular complexity index is 505. The van der Waals surface area contributed by atoms with Crippen molar-refractivity contribution in [3.05, 3.63) is 65.2 Å². The van der Waals surface area contributed by atoms with E-state index in [4.69, 9.17) is 5.73 Å². The molecule has 2 aromatic carbocycles. The van der Waals surface area contributed by atoms with Crippen LogP contribution in [0.25, 0.3) is 0 Å². The summed E-state index contributed by atoms with van der Waals surface area (Å²) in [6.07, 6.45) is 0. The standard InChI is InChI=1S/C16H20N2O/c1-18(12-15-6-8-16(19)9-7-15)11-14-4-2-13(10-17)3-5-14/h2-9,19H,10-12,17H2,1H3. The second kappa shape index (κ2) is 6.36. The number of rotatable bonds is 5. The van der Waals surface area contributed by atoms with Crippen molar-refractivity contribution in [2.75, 3.05) is 7.05 Å². The van der Waals surface area contributed by atoms with Crippen LogP contribution >= 0.6 is 0 Å². The molecule has 19 heavy (non-hydrogen) atoms. The number of nitrogens with two attached hydrogens (primary N) is 1. The SMILES string of the molecule is CN(Cc1ccc(O)cc1)Cc1ccc(CN)cc1. The van der Waals surface area contributed by atoms with Crippen molar-refractivity contribution in [2.45, 2.75) is 19.6 Å². The van der Waals surface area contributed by atoms with Gasteiger partial charge in [-0.3, -0.25) is 4.90 Å². The molecule has 3 nitrogen and oxygen atoms in total. The highest BCUT2D eigenvalue weighted by atomic mass is 16.3. The van der Waals surface area contributed by atoms with Crippen molar-refractivity contribution in [3.63, 3.8) is 0 Å². The topological polar surface area (TPSA) is 49.5 Å². The summed E-state index contributed by atoms with van der Waals surface area (Å²) in [6, 6.07) is 15.7. The van der Waals surface area contributed by atoms with Crippen LogP contribution in [0.4, 0.5) is 0 Å². The van der Waals surface area contributed by atoms with Crippen molar-refractivity contribution < 1.29 is 5.11 Å². The van der Waals surface area contributed by atoms with Gasteiger partial charge in [-0.05, 0) is 35.9 Å². The first-order valence-corrected chi connectivity index (χ1v) is 6.41. The maximum atomic E-state index is 9.25. The third-order valence-corrected chi connectivity index (χ3v) is 3.10. The van der Waals surface area contributed by atoms with Crippen LogP contribution in [0.15, 0.2) is 48.5 Å². The highest BCUT2D eigenvalue weighted by Gasteiger charge is 2.02. The van der Waals surface area contributed by atoms with Gasteiger partial charge >= 0.3 is 0 Å². The first-order valence-electron chi connectivity index (χ1n) is 6.41. The van der Waals surface area contributed by atoms with Crippen molar-refractivity contribution in [2.24, 2.45) is 5.73 Å². The highest BCUT2D eigenvalue weighted by Crippen LogP contribution is 2.13. The molecule has 3 heteroatoms. The Hall–Kier alpha value is -1.84. The predicted molar refractivity (Wildman–Crippen MR) is 77.6 cm³/mol. The fraction of sp³-hybridized carbons (Fsp3) is 0.250. The quantitative estimate of drug-likeness (QED) is 0.864. The minimum atomic E-state index is 0.309. The second-order valence-electron chi connectivity index (χ2n) is 4.86. The molecule has 0 heterocycles. The van der Waals surface area contributed by atoms with E-state index >= 15 is 0 Å². The van der Waals surface area contributed by atoms with Gasteiger partial charge in [0.15, 0.2) is 0 Å². The Morgan fingerprint density at radius 2 is 1.26 bits per heavy atom. The van der Waals surface area contributed by atoms with Gasteiger partial charge in [0.2, 0.25) is 0 Å². The Kier molecular flexibility index (Phi) is 4.55. The van der Waals surface area contributed by atoms with Crippen LogP contribution in [0, 0.1) is 0 Å². The van der Waals surface area contributed by atoms with Crippen LogP contribution in [-0.2, 0) is 19.6 Å². The normalized spacial score (nSPS) is 10.9. The van der Waals surface area contributed by atoms with Crippen molar-refractivity contribution in [1.82, 2.24) is 4.90 Å². The van der Waals surface area contributed by atoms with Crippen molar-refractivity contribution >= 4 is 0 Å². The Labute approximate surface area is 114 Å². The van der Waals surface area contributed by atoms with E-state index < -0.39 is 0 Å². The molecule has 0 fully saturated rings. The van der Waals surface area contributed by atoms with Crippen molar-refractivity contribution in [3.8, 4) is 5.75 Å². The number of phenols is 1. The van der Waals surface area contributed by atoms with Crippen LogP contribution in [0.3, 0.4) is 0 Å². The molecule has 0 spiro atoms. The molecule has 0 aliphatic carbocycles. The number of hydrogen-bond acceptors (Lipinski definition) is 3. The Balaban J connectivity index is 1.92. The summed E-state index contributed by atoms with van der Waals surface area (Å²) in [6.45, 7) is 2.34. The van der Waals surface area contributed by atoms with Crippen molar-refractivity contribution in [1.29, 1.82) is 0 Å². The lowest BCUT2D eigenvalue weighted by atomic mass is 10.1. The van der Waals surface area contributed by atoms with Crippen LogP contribution in [0.1, 0.15) is 16.7 Å². The summed E-state index contributed by atoms with van der Waals surface area (Å²) in [5.74, 6) is 0.309.